The van der Waals surface area contributed by atoms with Gasteiger partial charge in [-0.2, -0.15) is 0 Å². The zero-order valence-corrected chi connectivity index (χ0v) is 15.6. The second-order valence-electron chi connectivity index (χ2n) is 7.43. The van der Waals surface area contributed by atoms with E-state index in [4.69, 9.17) is 4.74 Å². The highest BCUT2D eigenvalue weighted by molar-refractivity contribution is 5.98. The summed E-state index contributed by atoms with van der Waals surface area (Å²) in [5, 5.41) is 4.20. The molecule has 2 aromatic carbocycles. The van der Waals surface area contributed by atoms with Crippen LogP contribution < -0.4 is 5.32 Å². The van der Waals surface area contributed by atoms with Crippen LogP contribution in [0.5, 0.6) is 0 Å². The van der Waals surface area contributed by atoms with Crippen molar-refractivity contribution in [3.05, 3.63) is 66.4 Å². The van der Waals surface area contributed by atoms with Crippen molar-refractivity contribution in [3.8, 4) is 11.1 Å². The maximum absolute atomic E-state index is 12.7. The summed E-state index contributed by atoms with van der Waals surface area (Å²) in [4.78, 5) is 17.1. The molecule has 0 bridgehead atoms. The van der Waals surface area contributed by atoms with Gasteiger partial charge in [0.05, 0.1) is 12.1 Å². The maximum atomic E-state index is 12.7. The van der Waals surface area contributed by atoms with Gasteiger partial charge in [0.25, 0.3) is 5.91 Å². The molecule has 1 saturated carbocycles. The van der Waals surface area contributed by atoms with E-state index in [9.17, 15) is 4.79 Å². The molecule has 4 rings (SSSR count). The lowest BCUT2D eigenvalue weighted by molar-refractivity contribution is 0.0180. The van der Waals surface area contributed by atoms with Crippen molar-refractivity contribution in [2.45, 2.75) is 19.3 Å². The standard InChI is InChI=1S/C23H24N2O2/c1-27-16-23(11-5-12-23)15-25-22(26)18-7-4-6-17(14-18)19-10-13-24-21-9-3-2-8-20(19)21/h2-4,6-10,13-14H,5,11-12,15-16H2,1H3,(H,25,26). The van der Waals surface area contributed by atoms with Crippen LogP contribution >= 0.6 is 0 Å². The van der Waals surface area contributed by atoms with Crippen molar-refractivity contribution in [2.75, 3.05) is 20.3 Å². The fourth-order valence-electron chi connectivity index (χ4n) is 3.90. The predicted molar refractivity (Wildman–Crippen MR) is 108 cm³/mol. The SMILES string of the molecule is COCC1(CNC(=O)c2cccc(-c3ccnc4ccccc34)c2)CCC1. The van der Waals surface area contributed by atoms with Gasteiger partial charge in [0.1, 0.15) is 0 Å². The number of nitrogens with one attached hydrogen (secondary N) is 1. The number of ether oxygens (including phenoxy) is 1. The van der Waals surface area contributed by atoms with Crippen molar-refractivity contribution in [1.29, 1.82) is 0 Å². The van der Waals surface area contributed by atoms with E-state index < -0.39 is 0 Å². The summed E-state index contributed by atoms with van der Waals surface area (Å²) in [6, 6.07) is 17.9. The highest BCUT2D eigenvalue weighted by Gasteiger charge is 2.37. The van der Waals surface area contributed by atoms with Gasteiger partial charge in [-0.25, -0.2) is 0 Å². The van der Waals surface area contributed by atoms with Crippen molar-refractivity contribution < 1.29 is 9.53 Å². The third-order valence-corrected chi connectivity index (χ3v) is 5.57. The minimum atomic E-state index is -0.0300. The van der Waals surface area contributed by atoms with Gasteiger partial charge >= 0.3 is 0 Å². The molecule has 0 atom stereocenters. The van der Waals surface area contributed by atoms with Crippen LogP contribution in [0.25, 0.3) is 22.0 Å². The third kappa shape index (κ3) is 3.58. The lowest BCUT2D eigenvalue weighted by Crippen LogP contribution is -2.45. The average molecular weight is 360 g/mol. The van der Waals surface area contributed by atoms with Crippen LogP contribution in [0, 0.1) is 5.41 Å². The maximum Gasteiger partial charge on any atom is 0.251 e. The Bertz CT molecular complexity index is 958. The summed E-state index contributed by atoms with van der Waals surface area (Å²) in [5.74, 6) is -0.0300. The molecule has 1 aromatic heterocycles. The lowest BCUT2D eigenvalue weighted by atomic mass is 9.69. The smallest absolute Gasteiger partial charge is 0.251 e. The van der Waals surface area contributed by atoms with Crippen LogP contribution in [-0.2, 0) is 4.74 Å². The Kier molecular flexibility index (Phi) is 4.90. The number of rotatable bonds is 6. The van der Waals surface area contributed by atoms with Gasteiger partial charge < -0.3 is 10.1 Å². The van der Waals surface area contributed by atoms with Crippen molar-refractivity contribution in [2.24, 2.45) is 5.41 Å². The quantitative estimate of drug-likeness (QED) is 0.707. The van der Waals surface area contributed by atoms with Crippen LogP contribution in [0.3, 0.4) is 0 Å². The molecule has 0 spiro atoms. The molecule has 1 amide bonds. The summed E-state index contributed by atoms with van der Waals surface area (Å²) < 4.78 is 5.35. The van der Waals surface area contributed by atoms with E-state index in [0.717, 1.165) is 34.9 Å². The summed E-state index contributed by atoms with van der Waals surface area (Å²) in [5.41, 5.74) is 3.86. The zero-order chi connectivity index (χ0) is 18.7. The number of carbonyl (C=O) groups excluding carboxylic acids is 1. The molecule has 1 heterocycles. The number of hydrogen-bond donors (Lipinski definition) is 1. The van der Waals surface area contributed by atoms with E-state index >= 15 is 0 Å². The Hall–Kier alpha value is -2.72. The number of nitrogens with zero attached hydrogens (tertiary/aromatic N) is 1. The molecule has 1 aliphatic carbocycles. The Balaban J connectivity index is 1.56. The van der Waals surface area contributed by atoms with Crippen LogP contribution in [0.15, 0.2) is 60.8 Å². The number of carbonyl (C=O) groups is 1. The number of benzene rings is 2. The fourth-order valence-corrected chi connectivity index (χ4v) is 3.90. The first kappa shape index (κ1) is 17.7. The summed E-state index contributed by atoms with van der Waals surface area (Å²) >= 11 is 0. The number of aromatic nitrogens is 1. The Morgan fingerprint density at radius 3 is 2.78 bits per heavy atom. The number of pyridine rings is 1. The highest BCUT2D eigenvalue weighted by Crippen LogP contribution is 2.40. The molecule has 0 aliphatic heterocycles. The van der Waals surface area contributed by atoms with Crippen LogP contribution in [0.2, 0.25) is 0 Å². The first-order valence-electron chi connectivity index (χ1n) is 9.42. The number of amides is 1. The molecule has 4 heteroatoms. The summed E-state index contributed by atoms with van der Waals surface area (Å²) in [7, 11) is 1.73. The first-order chi connectivity index (χ1) is 13.2. The molecule has 1 fully saturated rings. The van der Waals surface area contributed by atoms with E-state index in [1.165, 1.54) is 6.42 Å². The monoisotopic (exact) mass is 360 g/mol. The molecule has 0 unspecified atom stereocenters. The summed E-state index contributed by atoms with van der Waals surface area (Å²) in [6.07, 6.45) is 5.26. The normalized spacial score (nSPS) is 15.3. The minimum Gasteiger partial charge on any atom is -0.384 e. The number of methoxy groups -OCH3 is 1. The fraction of sp³-hybridized carbons (Fsp3) is 0.304. The summed E-state index contributed by atoms with van der Waals surface area (Å²) in [6.45, 7) is 1.37. The minimum absolute atomic E-state index is 0.0300. The molecule has 1 aliphatic rings. The van der Waals surface area contributed by atoms with Gasteiger partial charge in [-0.1, -0.05) is 36.8 Å². The number of para-hydroxylation sites is 1. The molecule has 4 nitrogen and oxygen atoms in total. The molecule has 1 N–H and O–H groups in total. The third-order valence-electron chi connectivity index (χ3n) is 5.57. The second kappa shape index (κ2) is 7.49. The highest BCUT2D eigenvalue weighted by atomic mass is 16.5. The molecular formula is C23H24N2O2. The Morgan fingerprint density at radius 2 is 2.00 bits per heavy atom. The van der Waals surface area contributed by atoms with Gasteiger partial charge in [-0.05, 0) is 48.2 Å². The van der Waals surface area contributed by atoms with Gasteiger partial charge in [0.2, 0.25) is 0 Å². The van der Waals surface area contributed by atoms with E-state index in [0.29, 0.717) is 18.7 Å². The molecule has 138 valence electrons. The first-order valence-corrected chi connectivity index (χ1v) is 9.42. The van der Waals surface area contributed by atoms with Crippen LogP contribution in [0.4, 0.5) is 0 Å². The number of hydrogen-bond acceptors (Lipinski definition) is 3. The second-order valence-corrected chi connectivity index (χ2v) is 7.43. The Morgan fingerprint density at radius 1 is 1.15 bits per heavy atom. The molecule has 27 heavy (non-hydrogen) atoms. The zero-order valence-electron chi connectivity index (χ0n) is 15.6. The van der Waals surface area contributed by atoms with Crippen LogP contribution in [0.1, 0.15) is 29.6 Å². The predicted octanol–water partition coefficient (Wildman–Crippen LogP) is 4.45. The molecule has 0 saturated heterocycles. The van der Waals surface area contributed by atoms with Gasteiger partial charge in [-0.3, -0.25) is 9.78 Å². The van der Waals surface area contributed by atoms with Crippen molar-refractivity contribution >= 4 is 16.8 Å². The Labute approximate surface area is 159 Å². The lowest BCUT2D eigenvalue weighted by Gasteiger charge is -2.41. The molecular weight excluding hydrogens is 336 g/mol. The topological polar surface area (TPSA) is 51.2 Å². The number of fused-ring (bicyclic) bond motifs is 1. The van der Waals surface area contributed by atoms with Gasteiger partial charge in [0.15, 0.2) is 0 Å². The largest absolute Gasteiger partial charge is 0.384 e. The van der Waals surface area contributed by atoms with E-state index in [1.54, 1.807) is 7.11 Å². The van der Waals surface area contributed by atoms with E-state index in [2.05, 4.69) is 16.4 Å². The van der Waals surface area contributed by atoms with Crippen molar-refractivity contribution in [1.82, 2.24) is 10.3 Å². The van der Waals surface area contributed by atoms with E-state index in [1.807, 2.05) is 54.7 Å². The van der Waals surface area contributed by atoms with E-state index in [-0.39, 0.29) is 11.3 Å². The average Bonchev–Trinajstić information content (AvgIpc) is 2.69. The van der Waals surface area contributed by atoms with Crippen LogP contribution in [-0.4, -0.2) is 31.2 Å². The van der Waals surface area contributed by atoms with Gasteiger partial charge in [0, 0.05) is 36.2 Å². The van der Waals surface area contributed by atoms with Gasteiger partial charge in [-0.15, -0.1) is 0 Å². The molecule has 3 aromatic rings. The molecule has 0 radical (unpaired) electrons. The van der Waals surface area contributed by atoms with Crippen molar-refractivity contribution in [3.63, 3.8) is 0 Å².